The zero-order chi connectivity index (χ0) is 13.9. The maximum Gasteiger partial charge on any atom is 0.234 e. The monoisotopic (exact) mass is 293 g/mol. The first-order chi connectivity index (χ1) is 9.79. The molecule has 1 atom stereocenters. The third kappa shape index (κ3) is 2.72. The molecule has 1 fully saturated rings. The minimum absolute atomic E-state index is 0.431. The highest BCUT2D eigenvalue weighted by atomic mass is 32.1. The van der Waals surface area contributed by atoms with Crippen LogP contribution in [0.15, 0.2) is 0 Å². The summed E-state index contributed by atoms with van der Waals surface area (Å²) in [7, 11) is 0. The van der Waals surface area contributed by atoms with E-state index >= 15 is 0 Å². The minimum atomic E-state index is 0.431. The van der Waals surface area contributed by atoms with Gasteiger partial charge in [0.15, 0.2) is 5.82 Å². The molecule has 1 aliphatic carbocycles. The Morgan fingerprint density at radius 3 is 2.85 bits per heavy atom. The van der Waals surface area contributed by atoms with Crippen molar-refractivity contribution >= 4 is 16.3 Å². The van der Waals surface area contributed by atoms with Crippen LogP contribution in [0.1, 0.15) is 68.6 Å². The number of aromatic nitrogens is 4. The van der Waals surface area contributed by atoms with E-state index < -0.39 is 0 Å². The van der Waals surface area contributed by atoms with Gasteiger partial charge in [0.1, 0.15) is 5.01 Å². The number of hydrogen-bond acceptors (Lipinski definition) is 5. The fourth-order valence-electron chi connectivity index (χ4n) is 2.91. The van der Waals surface area contributed by atoms with Crippen molar-refractivity contribution in [3.63, 3.8) is 0 Å². The van der Waals surface area contributed by atoms with E-state index in [9.17, 15) is 0 Å². The standard InChI is InChI=1S/C14H23N5S/c1-3-15-9-10(2)13-18-19-12(16-17-14(19)20-13)11-7-5-4-6-8-11/h10-11,15H,3-9H2,1-2H3. The van der Waals surface area contributed by atoms with Crippen molar-refractivity contribution in [3.8, 4) is 0 Å². The van der Waals surface area contributed by atoms with Crippen molar-refractivity contribution in [2.45, 2.75) is 57.8 Å². The van der Waals surface area contributed by atoms with Crippen LogP contribution in [0.25, 0.3) is 4.96 Å². The van der Waals surface area contributed by atoms with Crippen LogP contribution in [0.5, 0.6) is 0 Å². The summed E-state index contributed by atoms with van der Waals surface area (Å²) in [5.41, 5.74) is 0. The first kappa shape index (κ1) is 13.9. The van der Waals surface area contributed by atoms with E-state index in [1.807, 2.05) is 4.52 Å². The summed E-state index contributed by atoms with van der Waals surface area (Å²) in [5.74, 6) is 2.07. The van der Waals surface area contributed by atoms with Gasteiger partial charge in [0, 0.05) is 18.4 Å². The molecule has 0 aliphatic heterocycles. The highest BCUT2D eigenvalue weighted by Crippen LogP contribution is 2.32. The predicted octanol–water partition coefficient (Wildman–Crippen LogP) is 2.95. The van der Waals surface area contributed by atoms with E-state index in [0.717, 1.165) is 28.9 Å². The topological polar surface area (TPSA) is 55.1 Å². The Kier molecular flexibility index (Phi) is 4.31. The van der Waals surface area contributed by atoms with Gasteiger partial charge in [-0.3, -0.25) is 0 Å². The Balaban J connectivity index is 1.82. The molecular formula is C14H23N5S. The second-order valence-electron chi connectivity index (χ2n) is 5.74. The van der Waals surface area contributed by atoms with Crippen LogP contribution in [0.2, 0.25) is 0 Å². The largest absolute Gasteiger partial charge is 0.316 e. The predicted molar refractivity (Wildman–Crippen MR) is 81.4 cm³/mol. The summed E-state index contributed by atoms with van der Waals surface area (Å²) in [6.45, 7) is 6.32. The van der Waals surface area contributed by atoms with E-state index in [2.05, 4.69) is 29.4 Å². The highest BCUT2D eigenvalue weighted by Gasteiger charge is 2.23. The zero-order valence-corrected chi connectivity index (χ0v) is 13.1. The van der Waals surface area contributed by atoms with Gasteiger partial charge < -0.3 is 5.32 Å². The first-order valence-corrected chi connectivity index (χ1v) is 8.54. The molecule has 3 rings (SSSR count). The maximum atomic E-state index is 4.77. The molecule has 110 valence electrons. The van der Waals surface area contributed by atoms with Crippen LogP contribution in [0.4, 0.5) is 0 Å². The van der Waals surface area contributed by atoms with Gasteiger partial charge in [-0.1, -0.05) is 44.4 Å². The van der Waals surface area contributed by atoms with Crippen LogP contribution in [0.3, 0.4) is 0 Å². The third-order valence-electron chi connectivity index (χ3n) is 4.12. The smallest absolute Gasteiger partial charge is 0.234 e. The lowest BCUT2D eigenvalue weighted by molar-refractivity contribution is 0.422. The molecule has 2 aromatic rings. The highest BCUT2D eigenvalue weighted by molar-refractivity contribution is 7.16. The Hall–Kier alpha value is -1.01. The summed E-state index contributed by atoms with van der Waals surface area (Å²) in [4.78, 5) is 0.948. The molecule has 1 saturated carbocycles. The molecule has 20 heavy (non-hydrogen) atoms. The number of fused-ring (bicyclic) bond motifs is 1. The van der Waals surface area contributed by atoms with Gasteiger partial charge >= 0.3 is 0 Å². The fraction of sp³-hybridized carbons (Fsp3) is 0.786. The lowest BCUT2D eigenvalue weighted by Gasteiger charge is -2.18. The van der Waals surface area contributed by atoms with Crippen molar-refractivity contribution in [1.82, 2.24) is 25.1 Å². The van der Waals surface area contributed by atoms with E-state index in [1.165, 1.54) is 32.1 Å². The quantitative estimate of drug-likeness (QED) is 0.921. The SMILES string of the molecule is CCNCC(C)c1nn2c(C3CCCCC3)nnc2s1. The molecular weight excluding hydrogens is 270 g/mol. The maximum absolute atomic E-state index is 4.77. The molecule has 0 amide bonds. The van der Waals surface area contributed by atoms with E-state index in [0.29, 0.717) is 11.8 Å². The number of hydrogen-bond donors (Lipinski definition) is 1. The van der Waals surface area contributed by atoms with E-state index in [1.54, 1.807) is 11.3 Å². The molecule has 2 aromatic heterocycles. The average molecular weight is 293 g/mol. The summed E-state index contributed by atoms with van der Waals surface area (Å²) in [6.07, 6.45) is 6.46. The second-order valence-corrected chi connectivity index (χ2v) is 6.72. The number of likely N-dealkylation sites (N-methyl/N-ethyl adjacent to an activating group) is 1. The van der Waals surface area contributed by atoms with Crippen molar-refractivity contribution < 1.29 is 0 Å². The summed E-state index contributed by atoms with van der Waals surface area (Å²) in [5, 5.41) is 18.0. The minimum Gasteiger partial charge on any atom is -0.316 e. The summed E-state index contributed by atoms with van der Waals surface area (Å²) < 4.78 is 2.00. The van der Waals surface area contributed by atoms with Crippen molar-refractivity contribution in [1.29, 1.82) is 0 Å². The van der Waals surface area contributed by atoms with Gasteiger partial charge in [-0.15, -0.1) is 10.2 Å². The van der Waals surface area contributed by atoms with Gasteiger partial charge in [-0.05, 0) is 19.4 Å². The van der Waals surface area contributed by atoms with Crippen LogP contribution in [0, 0.1) is 0 Å². The zero-order valence-electron chi connectivity index (χ0n) is 12.3. The molecule has 0 aromatic carbocycles. The molecule has 6 heteroatoms. The molecule has 0 bridgehead atoms. The molecule has 1 aliphatic rings. The Morgan fingerprint density at radius 2 is 2.10 bits per heavy atom. The number of rotatable bonds is 5. The number of nitrogens with one attached hydrogen (secondary N) is 1. The Labute approximate surface area is 123 Å². The fourth-order valence-corrected chi connectivity index (χ4v) is 3.81. The second kappa shape index (κ2) is 6.18. The van der Waals surface area contributed by atoms with Crippen LogP contribution >= 0.6 is 11.3 Å². The average Bonchev–Trinajstić information content (AvgIpc) is 3.05. The normalized spacial score (nSPS) is 18.7. The summed E-state index contributed by atoms with van der Waals surface area (Å²) >= 11 is 1.68. The lowest BCUT2D eigenvalue weighted by atomic mass is 9.89. The summed E-state index contributed by atoms with van der Waals surface area (Å²) in [6, 6.07) is 0. The van der Waals surface area contributed by atoms with Gasteiger partial charge in [0.05, 0.1) is 0 Å². The van der Waals surface area contributed by atoms with Gasteiger partial charge in [0.25, 0.3) is 0 Å². The molecule has 0 spiro atoms. The molecule has 5 nitrogen and oxygen atoms in total. The van der Waals surface area contributed by atoms with Crippen molar-refractivity contribution in [2.24, 2.45) is 0 Å². The van der Waals surface area contributed by atoms with Gasteiger partial charge in [0.2, 0.25) is 4.96 Å². The molecule has 2 heterocycles. The molecule has 1 N–H and O–H groups in total. The molecule has 0 saturated heterocycles. The Morgan fingerprint density at radius 1 is 1.30 bits per heavy atom. The lowest BCUT2D eigenvalue weighted by Crippen LogP contribution is -2.19. The van der Waals surface area contributed by atoms with E-state index in [-0.39, 0.29) is 0 Å². The van der Waals surface area contributed by atoms with Crippen molar-refractivity contribution in [2.75, 3.05) is 13.1 Å². The van der Waals surface area contributed by atoms with Crippen LogP contribution in [-0.4, -0.2) is 32.9 Å². The van der Waals surface area contributed by atoms with Crippen molar-refractivity contribution in [3.05, 3.63) is 10.8 Å². The molecule has 0 radical (unpaired) electrons. The van der Waals surface area contributed by atoms with Gasteiger partial charge in [-0.25, -0.2) is 0 Å². The van der Waals surface area contributed by atoms with Crippen LogP contribution < -0.4 is 5.32 Å². The first-order valence-electron chi connectivity index (χ1n) is 7.72. The third-order valence-corrected chi connectivity index (χ3v) is 5.25. The molecule has 1 unspecified atom stereocenters. The number of nitrogens with zero attached hydrogens (tertiary/aromatic N) is 4. The van der Waals surface area contributed by atoms with E-state index in [4.69, 9.17) is 5.10 Å². The van der Waals surface area contributed by atoms with Gasteiger partial charge in [-0.2, -0.15) is 9.61 Å². The van der Waals surface area contributed by atoms with Crippen LogP contribution in [-0.2, 0) is 0 Å². The Bertz CT molecular complexity index is 555.